The van der Waals surface area contributed by atoms with E-state index in [1.54, 1.807) is 19.2 Å². The van der Waals surface area contributed by atoms with E-state index in [1.807, 2.05) is 6.07 Å². The Kier molecular flexibility index (Phi) is 4.21. The lowest BCUT2D eigenvalue weighted by atomic mass is 10.0. The molecule has 6 heteroatoms. The van der Waals surface area contributed by atoms with E-state index in [1.165, 1.54) is 0 Å². The molecule has 0 bridgehead atoms. The van der Waals surface area contributed by atoms with Gasteiger partial charge < -0.3 is 20.5 Å². The molecule has 1 amide bonds. The average Bonchev–Trinajstić information content (AvgIpc) is 2.78. The van der Waals surface area contributed by atoms with Gasteiger partial charge in [0, 0.05) is 17.8 Å². The maximum atomic E-state index is 12.0. The van der Waals surface area contributed by atoms with Crippen LogP contribution in [-0.4, -0.2) is 32.3 Å². The summed E-state index contributed by atoms with van der Waals surface area (Å²) < 4.78 is 11.2. The number of hydrogen-bond donors (Lipinski definition) is 2. The van der Waals surface area contributed by atoms with Crippen LogP contribution in [-0.2, 0) is 9.53 Å². The molecule has 0 radical (unpaired) electrons. The van der Waals surface area contributed by atoms with E-state index < -0.39 is 0 Å². The fourth-order valence-corrected chi connectivity index (χ4v) is 2.22. The molecule has 1 fully saturated rings. The standard InChI is InChI=1S/C12H15BrN2O3/c1-17-11-4-7(2-3-9(11)13)15-12(16)8-5-18-6-10(8)14/h2-4,8,10H,5-6,14H2,1H3,(H,15,16). The number of halogens is 1. The Morgan fingerprint density at radius 2 is 2.33 bits per heavy atom. The molecule has 18 heavy (non-hydrogen) atoms. The topological polar surface area (TPSA) is 73.6 Å². The van der Waals surface area contributed by atoms with Crippen molar-refractivity contribution >= 4 is 27.5 Å². The Balaban J connectivity index is 2.07. The number of methoxy groups -OCH3 is 1. The van der Waals surface area contributed by atoms with Gasteiger partial charge in [-0.1, -0.05) is 0 Å². The SMILES string of the molecule is COc1cc(NC(=O)C2COCC2N)ccc1Br. The highest BCUT2D eigenvalue weighted by Gasteiger charge is 2.31. The molecule has 1 aromatic carbocycles. The van der Waals surface area contributed by atoms with E-state index in [0.717, 1.165) is 4.47 Å². The van der Waals surface area contributed by atoms with Crippen LogP contribution in [0.25, 0.3) is 0 Å². The molecule has 1 aliphatic rings. The molecule has 1 aliphatic heterocycles. The number of hydrogen-bond acceptors (Lipinski definition) is 4. The smallest absolute Gasteiger partial charge is 0.231 e. The first-order valence-electron chi connectivity index (χ1n) is 5.59. The summed E-state index contributed by atoms with van der Waals surface area (Å²) in [6, 6.07) is 5.14. The molecule has 1 aromatic rings. The minimum atomic E-state index is -0.292. The summed E-state index contributed by atoms with van der Waals surface area (Å²) in [7, 11) is 1.58. The molecular formula is C12H15BrN2O3. The second-order valence-electron chi connectivity index (χ2n) is 4.15. The number of carbonyl (C=O) groups excluding carboxylic acids is 1. The number of ether oxygens (including phenoxy) is 2. The monoisotopic (exact) mass is 314 g/mol. The number of nitrogens with one attached hydrogen (secondary N) is 1. The number of rotatable bonds is 3. The quantitative estimate of drug-likeness (QED) is 0.883. The molecule has 2 unspecified atom stereocenters. The first-order chi connectivity index (χ1) is 8.61. The van der Waals surface area contributed by atoms with E-state index in [2.05, 4.69) is 21.2 Å². The van der Waals surface area contributed by atoms with Crippen LogP contribution in [0.15, 0.2) is 22.7 Å². The fraction of sp³-hybridized carbons (Fsp3) is 0.417. The average molecular weight is 315 g/mol. The zero-order valence-corrected chi connectivity index (χ0v) is 11.6. The highest BCUT2D eigenvalue weighted by molar-refractivity contribution is 9.10. The van der Waals surface area contributed by atoms with Gasteiger partial charge in [0.2, 0.25) is 5.91 Å². The van der Waals surface area contributed by atoms with Gasteiger partial charge in [0.1, 0.15) is 5.75 Å². The Labute approximate surface area is 114 Å². The van der Waals surface area contributed by atoms with Gasteiger partial charge in [-0.3, -0.25) is 4.79 Å². The second-order valence-corrected chi connectivity index (χ2v) is 5.00. The summed E-state index contributed by atoms with van der Waals surface area (Å²) >= 11 is 3.35. The third-order valence-electron chi connectivity index (χ3n) is 2.88. The van der Waals surface area contributed by atoms with Crippen LogP contribution in [0.1, 0.15) is 0 Å². The fourth-order valence-electron chi connectivity index (χ4n) is 1.81. The zero-order valence-electron chi connectivity index (χ0n) is 9.98. The van der Waals surface area contributed by atoms with Crippen molar-refractivity contribution in [2.75, 3.05) is 25.6 Å². The van der Waals surface area contributed by atoms with E-state index in [4.69, 9.17) is 15.2 Å². The Bertz CT molecular complexity index is 453. The van der Waals surface area contributed by atoms with Crippen LogP contribution in [0.4, 0.5) is 5.69 Å². The van der Waals surface area contributed by atoms with Crippen molar-refractivity contribution in [1.29, 1.82) is 0 Å². The zero-order chi connectivity index (χ0) is 13.1. The lowest BCUT2D eigenvalue weighted by Gasteiger charge is -2.14. The number of carbonyl (C=O) groups is 1. The molecule has 0 aromatic heterocycles. The molecule has 5 nitrogen and oxygen atoms in total. The first kappa shape index (κ1) is 13.3. The summed E-state index contributed by atoms with van der Waals surface area (Å²) in [6.45, 7) is 0.808. The Morgan fingerprint density at radius 1 is 1.56 bits per heavy atom. The predicted octanol–water partition coefficient (Wildman–Crippen LogP) is 1.37. The van der Waals surface area contributed by atoms with Crippen molar-refractivity contribution in [2.45, 2.75) is 6.04 Å². The van der Waals surface area contributed by atoms with Gasteiger partial charge in [0.15, 0.2) is 0 Å². The lowest BCUT2D eigenvalue weighted by molar-refractivity contribution is -0.120. The number of amides is 1. The molecule has 0 spiro atoms. The van der Waals surface area contributed by atoms with Crippen molar-refractivity contribution < 1.29 is 14.3 Å². The van der Waals surface area contributed by atoms with Gasteiger partial charge in [-0.2, -0.15) is 0 Å². The van der Waals surface area contributed by atoms with Crippen LogP contribution in [0.2, 0.25) is 0 Å². The summed E-state index contributed by atoms with van der Waals surface area (Å²) in [5.74, 6) is 0.254. The van der Waals surface area contributed by atoms with Crippen LogP contribution >= 0.6 is 15.9 Å². The van der Waals surface area contributed by atoms with E-state index >= 15 is 0 Å². The van der Waals surface area contributed by atoms with E-state index in [-0.39, 0.29) is 17.9 Å². The molecule has 2 rings (SSSR count). The lowest BCUT2D eigenvalue weighted by Crippen LogP contribution is -2.37. The summed E-state index contributed by atoms with van der Waals surface area (Å²) in [6.07, 6.45) is 0. The third kappa shape index (κ3) is 2.82. The minimum Gasteiger partial charge on any atom is -0.495 e. The number of anilines is 1. The van der Waals surface area contributed by atoms with Crippen LogP contribution < -0.4 is 15.8 Å². The number of benzene rings is 1. The summed E-state index contributed by atoms with van der Waals surface area (Å²) in [5.41, 5.74) is 6.48. The van der Waals surface area contributed by atoms with Crippen molar-refractivity contribution in [3.05, 3.63) is 22.7 Å². The summed E-state index contributed by atoms with van der Waals surface area (Å²) in [5, 5.41) is 2.82. The Morgan fingerprint density at radius 3 is 2.94 bits per heavy atom. The van der Waals surface area contributed by atoms with Crippen molar-refractivity contribution in [3.63, 3.8) is 0 Å². The molecule has 1 saturated heterocycles. The van der Waals surface area contributed by atoms with Gasteiger partial charge >= 0.3 is 0 Å². The maximum absolute atomic E-state index is 12.0. The van der Waals surface area contributed by atoms with Crippen molar-refractivity contribution in [3.8, 4) is 5.75 Å². The first-order valence-corrected chi connectivity index (χ1v) is 6.39. The van der Waals surface area contributed by atoms with Crippen LogP contribution in [0, 0.1) is 5.92 Å². The molecule has 0 saturated carbocycles. The number of nitrogens with two attached hydrogens (primary N) is 1. The van der Waals surface area contributed by atoms with E-state index in [0.29, 0.717) is 24.7 Å². The highest BCUT2D eigenvalue weighted by Crippen LogP contribution is 2.28. The van der Waals surface area contributed by atoms with Gasteiger partial charge in [0.05, 0.1) is 30.7 Å². The Hall–Kier alpha value is -1.11. The largest absolute Gasteiger partial charge is 0.495 e. The second kappa shape index (κ2) is 5.69. The molecule has 2 atom stereocenters. The third-order valence-corrected chi connectivity index (χ3v) is 3.54. The van der Waals surface area contributed by atoms with Crippen molar-refractivity contribution in [1.82, 2.24) is 0 Å². The van der Waals surface area contributed by atoms with Crippen LogP contribution in [0.5, 0.6) is 5.75 Å². The normalized spacial score (nSPS) is 22.8. The molecular weight excluding hydrogens is 300 g/mol. The highest BCUT2D eigenvalue weighted by atomic mass is 79.9. The maximum Gasteiger partial charge on any atom is 0.231 e. The van der Waals surface area contributed by atoms with Gasteiger partial charge in [0.25, 0.3) is 0 Å². The molecule has 98 valence electrons. The molecule has 3 N–H and O–H groups in total. The molecule has 1 heterocycles. The van der Waals surface area contributed by atoms with Gasteiger partial charge in [-0.25, -0.2) is 0 Å². The predicted molar refractivity (Wildman–Crippen MR) is 71.6 cm³/mol. The van der Waals surface area contributed by atoms with Crippen LogP contribution in [0.3, 0.4) is 0 Å². The summed E-state index contributed by atoms with van der Waals surface area (Å²) in [4.78, 5) is 12.0. The van der Waals surface area contributed by atoms with Gasteiger partial charge in [-0.05, 0) is 28.1 Å². The molecule has 0 aliphatic carbocycles. The minimum absolute atomic E-state index is 0.121. The van der Waals surface area contributed by atoms with Crippen molar-refractivity contribution in [2.24, 2.45) is 11.7 Å². The van der Waals surface area contributed by atoms with E-state index in [9.17, 15) is 4.79 Å². The van der Waals surface area contributed by atoms with Gasteiger partial charge in [-0.15, -0.1) is 0 Å².